The van der Waals surface area contributed by atoms with Gasteiger partial charge in [-0.15, -0.1) is 0 Å². The third-order valence-electron chi connectivity index (χ3n) is 7.05. The highest BCUT2D eigenvalue weighted by atomic mass is 19.4. The smallest absolute Gasteiger partial charge is 0.393 e. The predicted molar refractivity (Wildman–Crippen MR) is 123 cm³/mol. The Morgan fingerprint density at radius 1 is 1.21 bits per heavy atom. The molecule has 4 rings (SSSR count). The van der Waals surface area contributed by atoms with E-state index in [0.29, 0.717) is 17.5 Å². The molecule has 0 spiro atoms. The van der Waals surface area contributed by atoms with Crippen LogP contribution in [0.3, 0.4) is 0 Å². The second-order valence-corrected chi connectivity index (χ2v) is 9.82. The number of carbonyl (C=O) groups is 1. The van der Waals surface area contributed by atoms with E-state index in [9.17, 15) is 23.1 Å². The van der Waals surface area contributed by atoms with Crippen LogP contribution in [-0.2, 0) is 11.0 Å². The quantitative estimate of drug-likeness (QED) is 0.564. The molecule has 2 fully saturated rings. The molecule has 2 aromatic rings. The van der Waals surface area contributed by atoms with Crippen molar-refractivity contribution in [3.63, 3.8) is 0 Å². The Morgan fingerprint density at radius 2 is 1.91 bits per heavy atom. The number of pyridine rings is 2. The SMILES string of the molecule is CC(C)[C@H](O)[C@H]1CC[C@H](N2CC(NC(=O)CNc3nccc4ncc(C(F)(F)F)cc34)C2)CC1. The van der Waals surface area contributed by atoms with E-state index in [1.165, 1.54) is 12.3 Å². The van der Waals surface area contributed by atoms with Gasteiger partial charge < -0.3 is 15.7 Å². The predicted octanol–water partition coefficient (Wildman–Crippen LogP) is 3.44. The molecule has 1 aliphatic heterocycles. The summed E-state index contributed by atoms with van der Waals surface area (Å²) in [7, 11) is 0. The van der Waals surface area contributed by atoms with Gasteiger partial charge in [0, 0.05) is 36.9 Å². The largest absolute Gasteiger partial charge is 0.417 e. The molecule has 3 heterocycles. The van der Waals surface area contributed by atoms with Crippen molar-refractivity contribution in [1.29, 1.82) is 0 Å². The van der Waals surface area contributed by atoms with Gasteiger partial charge >= 0.3 is 6.18 Å². The van der Waals surface area contributed by atoms with Crippen molar-refractivity contribution in [1.82, 2.24) is 20.2 Å². The molecule has 3 N–H and O–H groups in total. The molecule has 0 bridgehead atoms. The molecule has 1 saturated carbocycles. The van der Waals surface area contributed by atoms with Gasteiger partial charge in [-0.05, 0) is 49.7 Å². The summed E-state index contributed by atoms with van der Waals surface area (Å²) in [6.07, 6.45) is 1.70. The molecule has 10 heteroatoms. The van der Waals surface area contributed by atoms with Gasteiger partial charge in [0.25, 0.3) is 0 Å². The molecule has 0 aromatic carbocycles. The number of halogens is 3. The number of alkyl halides is 3. The van der Waals surface area contributed by atoms with Crippen LogP contribution < -0.4 is 10.6 Å². The number of carbonyl (C=O) groups excluding carboxylic acids is 1. The van der Waals surface area contributed by atoms with Gasteiger partial charge in [-0.1, -0.05) is 13.8 Å². The number of nitrogens with one attached hydrogen (secondary N) is 2. The Kier molecular flexibility index (Phi) is 7.28. The molecule has 7 nitrogen and oxygen atoms in total. The van der Waals surface area contributed by atoms with Crippen LogP contribution in [0.5, 0.6) is 0 Å². The summed E-state index contributed by atoms with van der Waals surface area (Å²) in [5.41, 5.74) is -0.487. The first-order chi connectivity index (χ1) is 16.1. The molecule has 1 atom stereocenters. The zero-order chi connectivity index (χ0) is 24.5. The summed E-state index contributed by atoms with van der Waals surface area (Å²) >= 11 is 0. The molecule has 1 saturated heterocycles. The maximum Gasteiger partial charge on any atom is 0.417 e. The second-order valence-electron chi connectivity index (χ2n) is 9.82. The number of rotatable bonds is 7. The number of aliphatic hydroxyl groups is 1. The number of aromatic nitrogens is 2. The van der Waals surface area contributed by atoms with E-state index in [0.717, 1.165) is 51.0 Å². The molecular weight excluding hydrogens is 447 g/mol. The van der Waals surface area contributed by atoms with Crippen molar-refractivity contribution >= 4 is 22.6 Å². The van der Waals surface area contributed by atoms with Crippen molar-refractivity contribution in [2.45, 2.75) is 63.9 Å². The number of hydrogen-bond donors (Lipinski definition) is 3. The van der Waals surface area contributed by atoms with Gasteiger partial charge in [0.1, 0.15) is 5.82 Å². The van der Waals surface area contributed by atoms with Gasteiger partial charge in [0.05, 0.1) is 29.8 Å². The maximum absolute atomic E-state index is 13.0. The van der Waals surface area contributed by atoms with Crippen molar-refractivity contribution in [3.05, 3.63) is 30.1 Å². The number of anilines is 1. The Hall–Kier alpha value is -2.46. The number of aliphatic hydroxyl groups excluding tert-OH is 1. The highest BCUT2D eigenvalue weighted by Crippen LogP contribution is 2.34. The minimum atomic E-state index is -4.50. The topological polar surface area (TPSA) is 90.4 Å². The summed E-state index contributed by atoms with van der Waals surface area (Å²) in [6.45, 7) is 5.61. The lowest BCUT2D eigenvalue weighted by molar-refractivity contribution is -0.137. The first-order valence-electron chi connectivity index (χ1n) is 11.9. The van der Waals surface area contributed by atoms with Crippen LogP contribution in [0.4, 0.5) is 19.0 Å². The maximum atomic E-state index is 13.0. The van der Waals surface area contributed by atoms with E-state index in [1.807, 2.05) is 0 Å². The average Bonchev–Trinajstić information content (AvgIpc) is 2.78. The number of likely N-dealkylation sites (tertiary alicyclic amines) is 1. The number of nitrogens with zero attached hydrogens (tertiary/aromatic N) is 3. The molecule has 0 radical (unpaired) electrons. The second kappa shape index (κ2) is 10.0. The molecule has 0 unspecified atom stereocenters. The van der Waals surface area contributed by atoms with Crippen molar-refractivity contribution in [3.8, 4) is 0 Å². The highest BCUT2D eigenvalue weighted by molar-refractivity contribution is 5.91. The molecule has 186 valence electrons. The Labute approximate surface area is 197 Å². The number of fused-ring (bicyclic) bond motifs is 1. The Balaban J connectivity index is 1.24. The van der Waals surface area contributed by atoms with Crippen molar-refractivity contribution in [2.75, 3.05) is 25.0 Å². The monoisotopic (exact) mass is 479 g/mol. The normalized spacial score (nSPS) is 23.0. The molecule has 1 amide bonds. The summed E-state index contributed by atoms with van der Waals surface area (Å²) in [5, 5.41) is 16.4. The van der Waals surface area contributed by atoms with Crippen LogP contribution in [0.15, 0.2) is 24.5 Å². The van der Waals surface area contributed by atoms with Crippen molar-refractivity contribution in [2.24, 2.45) is 11.8 Å². The highest BCUT2D eigenvalue weighted by Gasteiger charge is 2.37. The third kappa shape index (κ3) is 5.60. The standard InChI is InChI=1S/C24H32F3N5O2/c1-14(2)22(34)15-3-5-18(6-4-15)32-12-17(13-32)31-21(33)11-30-23-19-9-16(24(25,26)27)10-29-20(19)7-8-28-23/h7-10,14-15,17-18,22,34H,3-6,11-13H2,1-2H3,(H,28,30)(H,31,33)/t15-,18-,22-/m0/s1. The van der Waals surface area contributed by atoms with Crippen LogP contribution in [-0.4, -0.2) is 63.7 Å². The van der Waals surface area contributed by atoms with Crippen LogP contribution >= 0.6 is 0 Å². The lowest BCUT2D eigenvalue weighted by Gasteiger charge is -2.47. The summed E-state index contributed by atoms with van der Waals surface area (Å²) < 4.78 is 39.1. The van der Waals surface area contributed by atoms with Crippen LogP contribution in [0.25, 0.3) is 10.9 Å². The lowest BCUT2D eigenvalue weighted by Crippen LogP contribution is -2.63. The van der Waals surface area contributed by atoms with E-state index >= 15 is 0 Å². The molecule has 2 aliphatic rings. The summed E-state index contributed by atoms with van der Waals surface area (Å²) in [5.74, 6) is 0.629. The first kappa shape index (κ1) is 24.7. The Morgan fingerprint density at radius 3 is 2.56 bits per heavy atom. The summed E-state index contributed by atoms with van der Waals surface area (Å²) in [6, 6.07) is 3.08. The van der Waals surface area contributed by atoms with Gasteiger partial charge in [-0.25, -0.2) is 4.98 Å². The van der Waals surface area contributed by atoms with Gasteiger partial charge in [0.15, 0.2) is 0 Å². The van der Waals surface area contributed by atoms with E-state index in [1.54, 1.807) is 0 Å². The van der Waals surface area contributed by atoms with Crippen LogP contribution in [0, 0.1) is 11.8 Å². The van der Waals surface area contributed by atoms with Gasteiger partial charge in [-0.2, -0.15) is 13.2 Å². The minimum Gasteiger partial charge on any atom is -0.393 e. The zero-order valence-corrected chi connectivity index (χ0v) is 19.5. The fourth-order valence-electron chi connectivity index (χ4n) is 5.04. The molecule has 1 aliphatic carbocycles. The average molecular weight is 480 g/mol. The minimum absolute atomic E-state index is 0.0623. The van der Waals surface area contributed by atoms with Crippen LogP contribution in [0.2, 0.25) is 0 Å². The van der Waals surface area contributed by atoms with Gasteiger partial charge in [-0.3, -0.25) is 14.7 Å². The summed E-state index contributed by atoms with van der Waals surface area (Å²) in [4.78, 5) is 22.7. The number of amides is 1. The van der Waals surface area contributed by atoms with Crippen LogP contribution in [0.1, 0.15) is 45.1 Å². The van der Waals surface area contributed by atoms with E-state index < -0.39 is 11.7 Å². The van der Waals surface area contributed by atoms with E-state index in [-0.39, 0.29) is 41.7 Å². The fraction of sp³-hybridized carbons (Fsp3) is 0.625. The Bertz CT molecular complexity index is 1000. The van der Waals surface area contributed by atoms with Crippen molar-refractivity contribution < 1.29 is 23.1 Å². The van der Waals surface area contributed by atoms with E-state index in [2.05, 4.69) is 39.3 Å². The third-order valence-corrected chi connectivity index (χ3v) is 7.05. The number of hydrogen-bond acceptors (Lipinski definition) is 6. The zero-order valence-electron chi connectivity index (χ0n) is 19.5. The van der Waals surface area contributed by atoms with E-state index in [4.69, 9.17) is 0 Å². The first-order valence-corrected chi connectivity index (χ1v) is 11.9. The molecule has 2 aromatic heterocycles. The molecule has 34 heavy (non-hydrogen) atoms. The van der Waals surface area contributed by atoms with Gasteiger partial charge in [0.2, 0.25) is 5.91 Å². The fourth-order valence-corrected chi connectivity index (χ4v) is 5.04. The molecular formula is C24H32F3N5O2. The lowest BCUT2D eigenvalue weighted by atomic mass is 9.78.